The molecule has 32 heavy (non-hydrogen) atoms. The number of hydrogen-bond donors (Lipinski definition) is 0. The zero-order valence-electron chi connectivity index (χ0n) is 19.4. The molecule has 1 amide bonds. The maximum Gasteiger partial charge on any atom is 0.254 e. The number of carbonyl (C=O) groups excluding carboxylic acids is 1. The minimum atomic E-state index is -0.0643. The molecule has 0 saturated heterocycles. The number of aromatic nitrogens is 2. The van der Waals surface area contributed by atoms with E-state index in [9.17, 15) is 4.79 Å². The summed E-state index contributed by atoms with van der Waals surface area (Å²) in [5.74, 6) is 1.10. The third-order valence-corrected chi connectivity index (χ3v) is 5.50. The van der Waals surface area contributed by atoms with Crippen LogP contribution in [-0.2, 0) is 11.3 Å². The number of para-hydroxylation sites is 1. The van der Waals surface area contributed by atoms with Crippen LogP contribution in [0.15, 0.2) is 54.6 Å². The maximum atomic E-state index is 13.4. The number of amides is 1. The monoisotopic (exact) mass is 454 g/mol. The van der Waals surface area contributed by atoms with E-state index in [0.717, 1.165) is 22.8 Å². The van der Waals surface area contributed by atoms with Gasteiger partial charge in [0.05, 0.1) is 24.5 Å². The summed E-state index contributed by atoms with van der Waals surface area (Å²) in [5.41, 5.74) is 3.59. The Morgan fingerprint density at radius 2 is 1.75 bits per heavy atom. The van der Waals surface area contributed by atoms with Crippen LogP contribution in [0, 0.1) is 0 Å². The van der Waals surface area contributed by atoms with E-state index < -0.39 is 0 Å². The molecule has 0 fully saturated rings. The first-order chi connectivity index (χ1) is 15.3. The molecule has 0 aliphatic rings. The van der Waals surface area contributed by atoms with Gasteiger partial charge in [-0.15, -0.1) is 0 Å². The molecule has 3 rings (SSSR count). The summed E-state index contributed by atoms with van der Waals surface area (Å²) in [7, 11) is 5.65. The standard InChI is InChI=1S/C25H31ClN4O2/c1-18(2)23-22(24(28(3)4)30(27-23)21-9-7-6-8-10-21)17-29(15-16-32-5)25(31)19-11-13-20(26)14-12-19/h6-14,18H,15-17H2,1-5H3. The van der Waals surface area contributed by atoms with Crippen LogP contribution in [0.25, 0.3) is 5.69 Å². The third kappa shape index (κ3) is 5.31. The molecule has 0 aliphatic heterocycles. The Hall–Kier alpha value is -2.83. The summed E-state index contributed by atoms with van der Waals surface area (Å²) in [5, 5.41) is 5.57. The van der Waals surface area contributed by atoms with Gasteiger partial charge in [0.1, 0.15) is 5.82 Å². The molecule has 2 aromatic carbocycles. The van der Waals surface area contributed by atoms with Crippen LogP contribution in [0.3, 0.4) is 0 Å². The average Bonchev–Trinajstić information content (AvgIpc) is 3.17. The lowest BCUT2D eigenvalue weighted by molar-refractivity contribution is 0.0680. The Morgan fingerprint density at radius 3 is 2.31 bits per heavy atom. The molecule has 6 nitrogen and oxygen atoms in total. The van der Waals surface area contributed by atoms with E-state index in [1.807, 2.05) is 54.0 Å². The van der Waals surface area contributed by atoms with Crippen molar-refractivity contribution in [1.82, 2.24) is 14.7 Å². The highest BCUT2D eigenvalue weighted by Gasteiger charge is 2.26. The number of rotatable bonds is 9. The van der Waals surface area contributed by atoms with Crippen molar-refractivity contribution in [3.05, 3.63) is 76.4 Å². The zero-order chi connectivity index (χ0) is 23.3. The van der Waals surface area contributed by atoms with Crippen LogP contribution in [-0.4, -0.2) is 54.9 Å². The van der Waals surface area contributed by atoms with Crippen LogP contribution in [0.2, 0.25) is 5.02 Å². The number of carbonyl (C=O) groups is 1. The molecule has 1 aromatic heterocycles. The number of anilines is 1. The van der Waals surface area contributed by atoms with Gasteiger partial charge in [0.2, 0.25) is 0 Å². The fourth-order valence-electron chi connectivity index (χ4n) is 3.70. The van der Waals surface area contributed by atoms with Crippen LogP contribution in [0.1, 0.15) is 41.4 Å². The fraction of sp³-hybridized carbons (Fsp3) is 0.360. The van der Waals surface area contributed by atoms with E-state index >= 15 is 0 Å². The van der Waals surface area contributed by atoms with Crippen molar-refractivity contribution in [2.45, 2.75) is 26.3 Å². The molecule has 0 spiro atoms. The van der Waals surface area contributed by atoms with Crippen molar-refractivity contribution >= 4 is 23.3 Å². The fourth-order valence-corrected chi connectivity index (χ4v) is 3.83. The van der Waals surface area contributed by atoms with Gasteiger partial charge in [-0.05, 0) is 42.3 Å². The lowest BCUT2D eigenvalue weighted by Crippen LogP contribution is -2.34. The number of methoxy groups -OCH3 is 1. The van der Waals surface area contributed by atoms with Crippen molar-refractivity contribution in [2.75, 3.05) is 39.3 Å². The quantitative estimate of drug-likeness (QED) is 0.456. The maximum absolute atomic E-state index is 13.4. The van der Waals surface area contributed by atoms with Gasteiger partial charge in [-0.1, -0.05) is 43.6 Å². The molecule has 170 valence electrons. The Balaban J connectivity index is 2.07. The van der Waals surface area contributed by atoms with Crippen LogP contribution in [0.4, 0.5) is 5.82 Å². The molecule has 0 aliphatic carbocycles. The topological polar surface area (TPSA) is 50.6 Å². The Kier molecular flexibility index (Phi) is 7.94. The molecule has 7 heteroatoms. The third-order valence-electron chi connectivity index (χ3n) is 5.25. The Labute approximate surface area is 195 Å². The molecule has 3 aromatic rings. The lowest BCUT2D eigenvalue weighted by atomic mass is 10.0. The van der Waals surface area contributed by atoms with Gasteiger partial charge < -0.3 is 14.5 Å². The summed E-state index contributed by atoms with van der Waals surface area (Å²) < 4.78 is 7.26. The largest absolute Gasteiger partial charge is 0.383 e. The molecule has 0 unspecified atom stereocenters. The van der Waals surface area contributed by atoms with Gasteiger partial charge in [0, 0.05) is 43.9 Å². The van der Waals surface area contributed by atoms with E-state index in [1.165, 1.54) is 0 Å². The van der Waals surface area contributed by atoms with Gasteiger partial charge in [-0.2, -0.15) is 5.10 Å². The van der Waals surface area contributed by atoms with Crippen LogP contribution < -0.4 is 4.90 Å². The molecule has 0 radical (unpaired) electrons. The van der Waals surface area contributed by atoms with E-state index in [-0.39, 0.29) is 11.8 Å². The first-order valence-corrected chi connectivity index (χ1v) is 11.1. The van der Waals surface area contributed by atoms with Gasteiger partial charge in [0.25, 0.3) is 5.91 Å². The predicted molar refractivity (Wildman–Crippen MR) is 130 cm³/mol. The number of hydrogen-bond acceptors (Lipinski definition) is 4. The van der Waals surface area contributed by atoms with Crippen molar-refractivity contribution in [3.8, 4) is 5.69 Å². The summed E-state index contributed by atoms with van der Waals surface area (Å²) in [6.07, 6.45) is 0. The van der Waals surface area contributed by atoms with Crippen molar-refractivity contribution in [3.63, 3.8) is 0 Å². The first-order valence-electron chi connectivity index (χ1n) is 10.7. The number of nitrogens with zero attached hydrogens (tertiary/aromatic N) is 4. The average molecular weight is 455 g/mol. The molecule has 0 saturated carbocycles. The van der Waals surface area contributed by atoms with Crippen LogP contribution >= 0.6 is 11.6 Å². The van der Waals surface area contributed by atoms with E-state index in [1.54, 1.807) is 31.4 Å². The predicted octanol–water partition coefficient (Wildman–Crippen LogP) is 5.00. The second-order valence-corrected chi connectivity index (χ2v) is 8.65. The second kappa shape index (κ2) is 10.7. The van der Waals surface area contributed by atoms with Crippen molar-refractivity contribution < 1.29 is 9.53 Å². The van der Waals surface area contributed by atoms with E-state index in [2.05, 4.69) is 18.7 Å². The van der Waals surface area contributed by atoms with Gasteiger partial charge >= 0.3 is 0 Å². The second-order valence-electron chi connectivity index (χ2n) is 8.21. The molecule has 0 bridgehead atoms. The Morgan fingerprint density at radius 1 is 1.09 bits per heavy atom. The minimum Gasteiger partial charge on any atom is -0.383 e. The van der Waals surface area contributed by atoms with Crippen molar-refractivity contribution in [1.29, 1.82) is 0 Å². The van der Waals surface area contributed by atoms with E-state index in [4.69, 9.17) is 21.4 Å². The highest BCUT2D eigenvalue weighted by atomic mass is 35.5. The highest BCUT2D eigenvalue weighted by Crippen LogP contribution is 2.32. The smallest absolute Gasteiger partial charge is 0.254 e. The van der Waals surface area contributed by atoms with Gasteiger partial charge in [0.15, 0.2) is 0 Å². The van der Waals surface area contributed by atoms with Crippen molar-refractivity contribution in [2.24, 2.45) is 0 Å². The zero-order valence-corrected chi connectivity index (χ0v) is 20.1. The molecular formula is C25H31ClN4O2. The van der Waals surface area contributed by atoms with Gasteiger partial charge in [-0.3, -0.25) is 4.79 Å². The number of ether oxygens (including phenoxy) is 1. The molecule has 0 N–H and O–H groups in total. The summed E-state index contributed by atoms with van der Waals surface area (Å²) >= 11 is 6.02. The molecule has 0 atom stereocenters. The summed E-state index contributed by atoms with van der Waals surface area (Å²) in [4.78, 5) is 17.3. The normalized spacial score (nSPS) is 11.1. The summed E-state index contributed by atoms with van der Waals surface area (Å²) in [6, 6.07) is 17.1. The van der Waals surface area contributed by atoms with E-state index in [0.29, 0.717) is 30.3 Å². The number of halogens is 1. The highest BCUT2D eigenvalue weighted by molar-refractivity contribution is 6.30. The molecular weight excluding hydrogens is 424 g/mol. The first kappa shape index (κ1) is 23.8. The van der Waals surface area contributed by atoms with Gasteiger partial charge in [-0.25, -0.2) is 4.68 Å². The summed E-state index contributed by atoms with van der Waals surface area (Å²) in [6.45, 7) is 5.60. The lowest BCUT2D eigenvalue weighted by Gasteiger charge is -2.25. The van der Waals surface area contributed by atoms with Crippen LogP contribution in [0.5, 0.6) is 0 Å². The SMILES string of the molecule is COCCN(Cc1c(C(C)C)nn(-c2ccccc2)c1N(C)C)C(=O)c1ccc(Cl)cc1. The Bertz CT molecular complexity index is 1030. The number of benzene rings is 2. The minimum absolute atomic E-state index is 0.0643. The molecule has 1 heterocycles.